The molecule has 0 N–H and O–H groups in total. The van der Waals surface area contributed by atoms with Gasteiger partial charge in [-0.15, -0.1) is 0 Å². The summed E-state index contributed by atoms with van der Waals surface area (Å²) < 4.78 is 14.5. The Labute approximate surface area is 310 Å². The van der Waals surface area contributed by atoms with Crippen LogP contribution in [0.4, 0.5) is 17.1 Å². The lowest BCUT2D eigenvalue weighted by molar-refractivity contribution is -0.00522. The number of hydrogen-bond acceptors (Lipinski definition) is 3. The number of rotatable bonds is 2. The Hall–Kier alpha value is -3.92. The van der Waals surface area contributed by atoms with Crippen LogP contribution >= 0.6 is 0 Å². The van der Waals surface area contributed by atoms with Gasteiger partial charge < -0.3 is 14.1 Å². The smallest absolute Gasteiger partial charge is 0.301 e. The fraction of sp³-hybridized carbons (Fsp3) is 0.458. The van der Waals surface area contributed by atoms with Crippen molar-refractivity contribution >= 4 is 51.3 Å². The fourth-order valence-electron chi connectivity index (χ4n) is 12.4. The Morgan fingerprint density at radius 1 is 0.731 bits per heavy atom. The summed E-state index contributed by atoms with van der Waals surface area (Å²) in [6.07, 6.45) is 10.7. The van der Waals surface area contributed by atoms with Gasteiger partial charge >= 0.3 is 6.71 Å². The van der Waals surface area contributed by atoms with Gasteiger partial charge in [0.1, 0.15) is 17.1 Å². The van der Waals surface area contributed by atoms with Gasteiger partial charge in [0.15, 0.2) is 0 Å². The number of hydrogen-bond donors (Lipinski definition) is 0. The fourth-order valence-corrected chi connectivity index (χ4v) is 12.4. The molecule has 0 unspecified atom stereocenters. The maximum Gasteiger partial charge on any atom is 0.301 e. The van der Waals surface area contributed by atoms with Crippen molar-refractivity contribution in [2.24, 2.45) is 17.8 Å². The van der Waals surface area contributed by atoms with Crippen LogP contribution in [0.2, 0.25) is 0 Å². The summed E-state index contributed by atoms with van der Waals surface area (Å²) in [6, 6.07) is 28.1. The van der Waals surface area contributed by atoms with Crippen molar-refractivity contribution in [3.8, 4) is 11.5 Å². The van der Waals surface area contributed by atoms with E-state index >= 15 is 0 Å². The molecular formula is C48H52BNO2. The van der Waals surface area contributed by atoms with Crippen molar-refractivity contribution in [2.45, 2.75) is 121 Å². The topological polar surface area (TPSA) is 25.6 Å². The molecule has 52 heavy (non-hydrogen) atoms. The molecule has 12 rings (SSSR count). The van der Waals surface area contributed by atoms with E-state index in [9.17, 15) is 0 Å². The second-order valence-corrected chi connectivity index (χ2v) is 20.3. The van der Waals surface area contributed by atoms with Gasteiger partial charge in [-0.25, -0.2) is 0 Å². The van der Waals surface area contributed by atoms with E-state index in [1.807, 2.05) is 0 Å². The third-order valence-electron chi connectivity index (χ3n) is 14.9. The summed E-state index contributed by atoms with van der Waals surface area (Å²) in [7, 11) is 0. The van der Waals surface area contributed by atoms with E-state index in [1.165, 1.54) is 107 Å². The molecule has 0 amide bonds. The van der Waals surface area contributed by atoms with Gasteiger partial charge in [-0.1, -0.05) is 78.8 Å². The van der Waals surface area contributed by atoms with Crippen LogP contribution in [-0.4, -0.2) is 6.71 Å². The average Bonchev–Trinajstić information content (AvgIpc) is 3.47. The Morgan fingerprint density at radius 2 is 1.38 bits per heavy atom. The first kappa shape index (κ1) is 31.6. The summed E-state index contributed by atoms with van der Waals surface area (Å²) in [5, 5.41) is 1.20. The number of para-hydroxylation sites is 1. The lowest BCUT2D eigenvalue weighted by Crippen LogP contribution is -2.59. The maximum absolute atomic E-state index is 7.32. The molecule has 4 heteroatoms. The number of benzene rings is 4. The van der Waals surface area contributed by atoms with E-state index in [2.05, 4.69) is 126 Å². The molecule has 4 fully saturated rings. The second-order valence-electron chi connectivity index (χ2n) is 20.3. The average molecular weight is 686 g/mol. The molecule has 0 atom stereocenters. The Morgan fingerprint density at radius 3 is 2.04 bits per heavy atom. The van der Waals surface area contributed by atoms with E-state index in [1.54, 1.807) is 0 Å². The quantitative estimate of drug-likeness (QED) is 0.169. The van der Waals surface area contributed by atoms with Crippen molar-refractivity contribution < 1.29 is 9.15 Å². The van der Waals surface area contributed by atoms with Crippen molar-refractivity contribution in [3.05, 3.63) is 95.1 Å². The van der Waals surface area contributed by atoms with Gasteiger partial charge in [0.25, 0.3) is 0 Å². The number of nitrogens with zero attached hydrogens (tertiary/aromatic N) is 1. The highest BCUT2D eigenvalue weighted by molar-refractivity contribution is 6.98. The first-order valence-corrected chi connectivity index (χ1v) is 20.3. The minimum absolute atomic E-state index is 0.0179. The molecule has 7 aliphatic rings. The normalized spacial score (nSPS) is 27.2. The molecule has 4 saturated carbocycles. The number of fused-ring (bicyclic) bond motifs is 7. The maximum atomic E-state index is 7.32. The zero-order valence-corrected chi connectivity index (χ0v) is 32.2. The number of ether oxygens (including phenoxy) is 1. The first-order chi connectivity index (χ1) is 24.8. The first-order valence-electron chi connectivity index (χ1n) is 20.3. The lowest BCUT2D eigenvalue weighted by atomic mass is 9.35. The van der Waals surface area contributed by atoms with E-state index in [0.717, 1.165) is 40.5 Å². The highest BCUT2D eigenvalue weighted by Gasteiger charge is 2.54. The predicted octanol–water partition coefficient (Wildman–Crippen LogP) is 11.0. The third-order valence-corrected chi connectivity index (χ3v) is 14.9. The van der Waals surface area contributed by atoms with Gasteiger partial charge in [0.05, 0.1) is 11.3 Å². The van der Waals surface area contributed by atoms with Crippen molar-refractivity contribution in [1.29, 1.82) is 0 Å². The van der Waals surface area contributed by atoms with E-state index < -0.39 is 0 Å². The summed E-state index contributed by atoms with van der Waals surface area (Å²) in [6.45, 7) is 16.6. The van der Waals surface area contributed by atoms with E-state index in [0.29, 0.717) is 0 Å². The molecular weight excluding hydrogens is 633 g/mol. The minimum Gasteiger partial charge on any atom is -0.468 e. The van der Waals surface area contributed by atoms with Gasteiger partial charge in [0.2, 0.25) is 0 Å². The number of anilines is 3. The van der Waals surface area contributed by atoms with Crippen LogP contribution in [-0.2, 0) is 21.7 Å². The van der Waals surface area contributed by atoms with Gasteiger partial charge in [-0.2, -0.15) is 0 Å². The monoisotopic (exact) mass is 685 g/mol. The van der Waals surface area contributed by atoms with Crippen LogP contribution in [0.3, 0.4) is 0 Å². The van der Waals surface area contributed by atoms with Crippen molar-refractivity contribution in [3.63, 3.8) is 0 Å². The number of furan rings is 1. The lowest BCUT2D eigenvalue weighted by Gasteiger charge is -2.57. The van der Waals surface area contributed by atoms with Crippen LogP contribution in [0.1, 0.15) is 122 Å². The molecule has 1 aromatic heterocycles. The summed E-state index contributed by atoms with van der Waals surface area (Å²) in [5.74, 6) is 4.67. The Balaban J connectivity index is 1.23. The van der Waals surface area contributed by atoms with Gasteiger partial charge in [0, 0.05) is 22.2 Å². The zero-order chi connectivity index (χ0) is 35.5. The molecule has 264 valence electrons. The standard InChI is InChI=1S/C48H52BNO2/c1-45(2,3)31-13-14-39-34(20-31)43-44(52-39)49-37-23-35-36(47(6,7)16-15-46(35,4)5)24-40(37)51-41-22-32(48-25-28-17-29(26-48)19-30(18-28)27-48)21-38(42(41)49)50(43)33-11-9-8-10-12-33/h8-14,20-24,28-30H,15-19,25-27H2,1-7H3. The van der Waals surface area contributed by atoms with Crippen LogP contribution in [0, 0.1) is 17.8 Å². The molecule has 3 heterocycles. The van der Waals surface area contributed by atoms with Crippen molar-refractivity contribution in [2.75, 3.05) is 4.90 Å². The molecule has 0 spiro atoms. The molecule has 3 nitrogen and oxygen atoms in total. The van der Waals surface area contributed by atoms with Gasteiger partial charge in [-0.05, 0) is 161 Å². The van der Waals surface area contributed by atoms with E-state index in [4.69, 9.17) is 9.15 Å². The molecule has 4 bridgehead atoms. The predicted molar refractivity (Wildman–Crippen MR) is 216 cm³/mol. The molecule has 5 aromatic rings. The minimum atomic E-state index is -0.0502. The molecule has 4 aromatic carbocycles. The largest absolute Gasteiger partial charge is 0.468 e. The Kier molecular flexibility index (Phi) is 6.19. The van der Waals surface area contributed by atoms with Gasteiger partial charge in [-0.3, -0.25) is 0 Å². The highest BCUT2D eigenvalue weighted by Crippen LogP contribution is 2.62. The summed E-state index contributed by atoms with van der Waals surface area (Å²) in [5.41, 5.74) is 14.4. The molecule has 0 radical (unpaired) electrons. The molecule has 5 aliphatic carbocycles. The summed E-state index contributed by atoms with van der Waals surface area (Å²) in [4.78, 5) is 2.55. The van der Waals surface area contributed by atoms with Crippen LogP contribution in [0.25, 0.3) is 11.0 Å². The SMILES string of the molecule is CC(C)(C)c1ccc2oc3c(c2c1)N(c1ccccc1)c1cc(C24CC5CC(CC(C5)C2)C4)cc2c1B3c1cc3c(cc1O2)C(C)(C)CCC3(C)C. The van der Waals surface area contributed by atoms with Crippen LogP contribution in [0.15, 0.2) is 77.2 Å². The Bertz CT molecular complexity index is 2290. The highest BCUT2D eigenvalue weighted by atomic mass is 16.5. The molecule has 0 saturated heterocycles. The van der Waals surface area contributed by atoms with E-state index in [-0.39, 0.29) is 28.4 Å². The summed E-state index contributed by atoms with van der Waals surface area (Å²) >= 11 is 0. The van der Waals surface area contributed by atoms with Crippen LogP contribution in [0.5, 0.6) is 11.5 Å². The van der Waals surface area contributed by atoms with Crippen LogP contribution < -0.4 is 26.2 Å². The second kappa shape index (κ2) is 10.2. The molecule has 2 aliphatic heterocycles. The zero-order valence-electron chi connectivity index (χ0n) is 32.2. The third kappa shape index (κ3) is 4.33. The van der Waals surface area contributed by atoms with Crippen molar-refractivity contribution in [1.82, 2.24) is 0 Å².